The maximum Gasteiger partial charge on any atom is 0.148 e. The molecule has 0 radical (unpaired) electrons. The Bertz CT molecular complexity index is 471. The maximum atomic E-state index is 14.3. The van der Waals surface area contributed by atoms with Crippen LogP contribution in [0.25, 0.3) is 0 Å². The van der Waals surface area contributed by atoms with Gasteiger partial charge in [-0.3, -0.25) is 5.41 Å². The van der Waals surface area contributed by atoms with Crippen molar-refractivity contribution in [3.63, 3.8) is 0 Å². The van der Waals surface area contributed by atoms with Gasteiger partial charge in [0.05, 0.1) is 18.1 Å². The first-order chi connectivity index (χ1) is 10.6. The van der Waals surface area contributed by atoms with Crippen LogP contribution in [0.5, 0.6) is 0 Å². The second kappa shape index (κ2) is 9.34. The second-order valence-electron chi connectivity index (χ2n) is 5.04. The first-order valence-corrected chi connectivity index (χ1v) is 7.22. The average Bonchev–Trinajstić information content (AvgIpc) is 2.52. The molecule has 1 aromatic rings. The van der Waals surface area contributed by atoms with Gasteiger partial charge in [0, 0.05) is 46.0 Å². The Morgan fingerprint density at radius 1 is 1.50 bits per heavy atom. The highest BCUT2D eigenvalue weighted by Crippen LogP contribution is 2.24. The second-order valence-corrected chi connectivity index (χ2v) is 5.04. The number of hydrogen-bond acceptors (Lipinski definition) is 5. The predicted molar refractivity (Wildman–Crippen MR) is 89.6 cm³/mol. The lowest BCUT2D eigenvalue weighted by Gasteiger charge is -2.26. The minimum atomic E-state index is -0.371. The predicted octanol–water partition coefficient (Wildman–Crippen LogP) is 0.868. The fourth-order valence-corrected chi connectivity index (χ4v) is 2.22. The van der Waals surface area contributed by atoms with Crippen LogP contribution in [0.4, 0.5) is 15.8 Å². The standard InChI is InChI=1S/C15H26FN5O/c1-19-9-13(22-3)10-20(2)12-4-5-15(14(16)8-12)21(11-18)7-6-17/h4-5,8,11,13,18-19H,6-7,9-10,17H2,1-3H3. The van der Waals surface area contributed by atoms with Gasteiger partial charge in [0.25, 0.3) is 0 Å². The van der Waals surface area contributed by atoms with Gasteiger partial charge in [-0.05, 0) is 25.2 Å². The maximum absolute atomic E-state index is 14.3. The number of likely N-dealkylation sites (N-methyl/N-ethyl adjacent to an activating group) is 2. The zero-order valence-electron chi connectivity index (χ0n) is 13.5. The van der Waals surface area contributed by atoms with E-state index in [1.807, 2.05) is 25.1 Å². The summed E-state index contributed by atoms with van der Waals surface area (Å²) >= 11 is 0. The van der Waals surface area contributed by atoms with Crippen LogP contribution in [0.3, 0.4) is 0 Å². The van der Waals surface area contributed by atoms with Gasteiger partial charge in [0.1, 0.15) is 5.82 Å². The van der Waals surface area contributed by atoms with Gasteiger partial charge in [-0.15, -0.1) is 0 Å². The van der Waals surface area contributed by atoms with E-state index in [2.05, 4.69) is 5.32 Å². The summed E-state index contributed by atoms with van der Waals surface area (Å²) in [5.41, 5.74) is 6.59. The number of nitrogens with one attached hydrogen (secondary N) is 2. The minimum Gasteiger partial charge on any atom is -0.378 e. The first-order valence-electron chi connectivity index (χ1n) is 7.22. The summed E-state index contributed by atoms with van der Waals surface area (Å²) in [6, 6.07) is 4.97. The van der Waals surface area contributed by atoms with Crippen molar-refractivity contribution in [2.24, 2.45) is 5.73 Å². The van der Waals surface area contributed by atoms with Gasteiger partial charge in [-0.25, -0.2) is 4.39 Å². The molecule has 1 unspecified atom stereocenters. The van der Waals surface area contributed by atoms with Crippen molar-refractivity contribution in [1.29, 1.82) is 5.41 Å². The number of anilines is 2. The fourth-order valence-electron chi connectivity index (χ4n) is 2.22. The molecule has 0 saturated carbocycles. The quantitative estimate of drug-likeness (QED) is 0.441. The third-order valence-electron chi connectivity index (χ3n) is 3.45. The lowest BCUT2D eigenvalue weighted by atomic mass is 10.2. The van der Waals surface area contributed by atoms with Crippen LogP contribution < -0.4 is 20.9 Å². The van der Waals surface area contributed by atoms with Crippen molar-refractivity contribution >= 4 is 17.7 Å². The summed E-state index contributed by atoms with van der Waals surface area (Å²) in [4.78, 5) is 3.42. The molecule has 0 spiro atoms. The molecule has 0 fully saturated rings. The van der Waals surface area contributed by atoms with Gasteiger partial charge in [0.15, 0.2) is 0 Å². The van der Waals surface area contributed by atoms with Crippen LogP contribution in [0.15, 0.2) is 18.2 Å². The molecule has 1 atom stereocenters. The molecular weight excluding hydrogens is 285 g/mol. The number of methoxy groups -OCH3 is 1. The smallest absolute Gasteiger partial charge is 0.148 e. The van der Waals surface area contributed by atoms with Crippen LogP contribution >= 0.6 is 0 Å². The molecule has 0 aliphatic rings. The Balaban J connectivity index is 2.85. The van der Waals surface area contributed by atoms with Gasteiger partial charge in [0.2, 0.25) is 0 Å². The number of ether oxygens (including phenoxy) is 1. The van der Waals surface area contributed by atoms with Gasteiger partial charge in [-0.1, -0.05) is 0 Å². The van der Waals surface area contributed by atoms with Crippen molar-refractivity contribution in [3.05, 3.63) is 24.0 Å². The Morgan fingerprint density at radius 3 is 2.73 bits per heavy atom. The molecule has 0 aromatic heterocycles. The Morgan fingerprint density at radius 2 is 2.23 bits per heavy atom. The van der Waals surface area contributed by atoms with Crippen LogP contribution in [-0.4, -0.2) is 59.8 Å². The third kappa shape index (κ3) is 4.94. The summed E-state index contributed by atoms with van der Waals surface area (Å²) in [6.45, 7) is 2.13. The summed E-state index contributed by atoms with van der Waals surface area (Å²) in [5.74, 6) is -0.371. The van der Waals surface area contributed by atoms with Crippen molar-refractivity contribution in [1.82, 2.24) is 5.32 Å². The van der Waals surface area contributed by atoms with Gasteiger partial charge >= 0.3 is 0 Å². The Kier molecular flexibility index (Phi) is 7.79. The summed E-state index contributed by atoms with van der Waals surface area (Å²) in [6.07, 6.45) is 1.11. The lowest BCUT2D eigenvalue weighted by molar-refractivity contribution is 0.109. The molecule has 0 aliphatic carbocycles. The molecule has 1 aromatic carbocycles. The number of nitrogens with zero attached hydrogens (tertiary/aromatic N) is 2. The molecule has 0 bridgehead atoms. The van der Waals surface area contributed by atoms with Gasteiger partial charge < -0.3 is 25.6 Å². The van der Waals surface area contributed by atoms with E-state index in [-0.39, 0.29) is 11.9 Å². The highest BCUT2D eigenvalue weighted by Gasteiger charge is 2.14. The normalized spacial score (nSPS) is 12.0. The fraction of sp³-hybridized carbons (Fsp3) is 0.533. The van der Waals surface area contributed by atoms with E-state index in [4.69, 9.17) is 15.9 Å². The largest absolute Gasteiger partial charge is 0.378 e. The number of rotatable bonds is 10. The van der Waals surface area contributed by atoms with Crippen LogP contribution in [0, 0.1) is 11.2 Å². The monoisotopic (exact) mass is 311 g/mol. The van der Waals surface area contributed by atoms with E-state index in [1.54, 1.807) is 13.2 Å². The Hall–Kier alpha value is -1.70. The SMILES string of the molecule is CNCC(CN(C)c1ccc(N(C=N)CCN)c(F)c1)OC. The zero-order valence-corrected chi connectivity index (χ0v) is 13.5. The number of halogens is 1. The lowest BCUT2D eigenvalue weighted by Crippen LogP contribution is -2.37. The number of benzene rings is 1. The van der Waals surface area contributed by atoms with Crippen molar-refractivity contribution < 1.29 is 9.13 Å². The number of nitrogens with two attached hydrogens (primary N) is 1. The van der Waals surface area contributed by atoms with E-state index in [9.17, 15) is 4.39 Å². The third-order valence-corrected chi connectivity index (χ3v) is 3.45. The molecule has 1 rings (SSSR count). The molecule has 0 heterocycles. The summed E-state index contributed by atoms with van der Waals surface area (Å²) in [5, 5.41) is 10.4. The van der Waals surface area contributed by atoms with E-state index in [1.165, 1.54) is 11.0 Å². The molecule has 22 heavy (non-hydrogen) atoms. The van der Waals surface area contributed by atoms with E-state index in [0.717, 1.165) is 18.6 Å². The first kappa shape index (κ1) is 18.3. The summed E-state index contributed by atoms with van der Waals surface area (Å²) < 4.78 is 19.7. The van der Waals surface area contributed by atoms with E-state index < -0.39 is 0 Å². The topological polar surface area (TPSA) is 77.6 Å². The van der Waals surface area contributed by atoms with Gasteiger partial charge in [-0.2, -0.15) is 0 Å². The molecule has 0 aliphatic heterocycles. The van der Waals surface area contributed by atoms with Crippen molar-refractivity contribution in [2.75, 3.05) is 57.2 Å². The molecular formula is C15H26FN5O. The molecule has 0 amide bonds. The average molecular weight is 311 g/mol. The van der Waals surface area contributed by atoms with Crippen LogP contribution in [0.2, 0.25) is 0 Å². The van der Waals surface area contributed by atoms with Crippen LogP contribution in [0.1, 0.15) is 0 Å². The van der Waals surface area contributed by atoms with Crippen LogP contribution in [-0.2, 0) is 4.74 Å². The Labute approximate surface area is 131 Å². The van der Waals surface area contributed by atoms with Crippen molar-refractivity contribution in [2.45, 2.75) is 6.10 Å². The summed E-state index contributed by atoms with van der Waals surface area (Å²) in [7, 11) is 5.42. The zero-order chi connectivity index (χ0) is 16.5. The van der Waals surface area contributed by atoms with E-state index in [0.29, 0.717) is 25.3 Å². The molecule has 0 saturated heterocycles. The van der Waals surface area contributed by atoms with E-state index >= 15 is 0 Å². The number of hydrogen-bond donors (Lipinski definition) is 3. The highest BCUT2D eigenvalue weighted by atomic mass is 19.1. The molecule has 124 valence electrons. The molecule has 4 N–H and O–H groups in total. The molecule has 6 nitrogen and oxygen atoms in total. The molecule has 7 heteroatoms. The highest BCUT2D eigenvalue weighted by molar-refractivity contribution is 5.78. The van der Waals surface area contributed by atoms with Crippen molar-refractivity contribution in [3.8, 4) is 0 Å². The minimum absolute atomic E-state index is 0.0213.